The molecule has 0 unspecified atom stereocenters. The normalized spacial score (nSPS) is 10.1. The number of amides is 1. The number of rotatable bonds is 7. The Morgan fingerprint density at radius 3 is 2.77 bits per heavy atom. The Balaban J connectivity index is 3.17. The molecule has 0 aromatic heterocycles. The number of hydrogen-bond donors (Lipinski definition) is 1. The molecule has 0 radical (unpaired) electrons. The summed E-state index contributed by atoms with van der Waals surface area (Å²) < 4.78 is 0. The second-order valence-corrected chi connectivity index (χ2v) is 3.10. The third-order valence-corrected chi connectivity index (χ3v) is 1.99. The lowest BCUT2D eigenvalue weighted by atomic mass is 10.3. The first-order chi connectivity index (χ1) is 6.20. The summed E-state index contributed by atoms with van der Waals surface area (Å²) in [5.74, 6) is -0.0798. The van der Waals surface area contributed by atoms with Crippen LogP contribution < -0.4 is 5.32 Å². The minimum atomic E-state index is -0.0798. The molecule has 0 fully saturated rings. The molecule has 0 aliphatic carbocycles. The van der Waals surface area contributed by atoms with Gasteiger partial charge >= 0.3 is 0 Å². The fourth-order valence-electron chi connectivity index (χ4n) is 0.949. The molecule has 3 heteroatoms. The molecule has 1 N–H and O–H groups in total. The van der Waals surface area contributed by atoms with Gasteiger partial charge in [0.1, 0.15) is 0 Å². The Hall–Kier alpha value is -0.830. The number of carbonyl (C=O) groups is 1. The Labute approximate surface area is 80.8 Å². The van der Waals surface area contributed by atoms with Gasteiger partial charge < -0.3 is 10.2 Å². The average molecular weight is 184 g/mol. The van der Waals surface area contributed by atoms with Gasteiger partial charge in [-0.2, -0.15) is 0 Å². The second kappa shape index (κ2) is 7.80. The highest BCUT2D eigenvalue weighted by molar-refractivity contribution is 5.86. The van der Waals surface area contributed by atoms with Crippen LogP contribution in [0.5, 0.6) is 0 Å². The van der Waals surface area contributed by atoms with Crippen molar-refractivity contribution in [2.45, 2.75) is 19.8 Å². The summed E-state index contributed by atoms with van der Waals surface area (Å²) >= 11 is 0. The fraction of sp³-hybridized carbons (Fsp3) is 0.700. The number of unbranched alkanes of at least 4 members (excludes halogenated alkanes) is 1. The lowest BCUT2D eigenvalue weighted by Gasteiger charge is -2.12. The minimum Gasteiger partial charge on any atom is -0.353 e. The van der Waals surface area contributed by atoms with Crippen molar-refractivity contribution in [2.24, 2.45) is 0 Å². The topological polar surface area (TPSA) is 32.3 Å². The summed E-state index contributed by atoms with van der Waals surface area (Å²) in [5, 5.41) is 2.75. The van der Waals surface area contributed by atoms with Crippen LogP contribution >= 0.6 is 0 Å². The molecule has 0 saturated heterocycles. The summed E-state index contributed by atoms with van der Waals surface area (Å²) in [6.07, 6.45) is 3.46. The summed E-state index contributed by atoms with van der Waals surface area (Å²) in [5.41, 5.74) is 0. The van der Waals surface area contributed by atoms with Gasteiger partial charge in [-0.05, 0) is 39.1 Å². The zero-order valence-electron chi connectivity index (χ0n) is 8.68. The molecule has 0 aromatic rings. The average Bonchev–Trinajstić information content (AvgIpc) is 2.16. The zero-order chi connectivity index (χ0) is 10.1. The van der Waals surface area contributed by atoms with E-state index in [9.17, 15) is 4.79 Å². The van der Waals surface area contributed by atoms with E-state index in [0.717, 1.165) is 32.5 Å². The molecule has 0 aliphatic rings. The largest absolute Gasteiger partial charge is 0.353 e. The molecule has 0 atom stereocenters. The standard InChI is InChI=1S/C10H20N2O/c1-4-10(13)11-8-6-7-9-12(3)5-2/h4H,1,5-9H2,2-3H3,(H,11,13). The molecule has 3 nitrogen and oxygen atoms in total. The van der Waals surface area contributed by atoms with Gasteiger partial charge in [0.2, 0.25) is 5.91 Å². The molecule has 0 bridgehead atoms. The lowest BCUT2D eigenvalue weighted by molar-refractivity contribution is -0.116. The zero-order valence-corrected chi connectivity index (χ0v) is 8.68. The van der Waals surface area contributed by atoms with Gasteiger partial charge in [0.15, 0.2) is 0 Å². The summed E-state index contributed by atoms with van der Waals surface area (Å²) in [6, 6.07) is 0. The van der Waals surface area contributed by atoms with E-state index in [1.54, 1.807) is 0 Å². The van der Waals surface area contributed by atoms with Crippen LogP contribution in [0.2, 0.25) is 0 Å². The minimum absolute atomic E-state index is 0.0798. The molecule has 0 spiro atoms. The van der Waals surface area contributed by atoms with Crippen molar-refractivity contribution in [3.05, 3.63) is 12.7 Å². The SMILES string of the molecule is C=CC(=O)NCCCCN(C)CC. The Kier molecular flexibility index (Phi) is 7.30. The van der Waals surface area contributed by atoms with E-state index < -0.39 is 0 Å². The van der Waals surface area contributed by atoms with Crippen molar-refractivity contribution in [3.63, 3.8) is 0 Å². The van der Waals surface area contributed by atoms with Crippen LogP contribution in [0.1, 0.15) is 19.8 Å². The van der Waals surface area contributed by atoms with E-state index in [0.29, 0.717) is 0 Å². The highest BCUT2D eigenvalue weighted by atomic mass is 16.1. The van der Waals surface area contributed by atoms with E-state index in [-0.39, 0.29) is 5.91 Å². The molecular formula is C10H20N2O. The van der Waals surface area contributed by atoms with Gasteiger partial charge in [-0.15, -0.1) is 0 Å². The first kappa shape index (κ1) is 12.2. The van der Waals surface area contributed by atoms with Crippen molar-refractivity contribution < 1.29 is 4.79 Å². The van der Waals surface area contributed by atoms with Crippen molar-refractivity contribution in [2.75, 3.05) is 26.7 Å². The van der Waals surface area contributed by atoms with Gasteiger partial charge in [-0.25, -0.2) is 0 Å². The lowest BCUT2D eigenvalue weighted by Crippen LogP contribution is -2.24. The predicted molar refractivity (Wildman–Crippen MR) is 55.6 cm³/mol. The van der Waals surface area contributed by atoms with Crippen LogP contribution in [0, 0.1) is 0 Å². The molecule has 0 aromatic carbocycles. The van der Waals surface area contributed by atoms with E-state index in [1.165, 1.54) is 6.08 Å². The number of hydrogen-bond acceptors (Lipinski definition) is 2. The smallest absolute Gasteiger partial charge is 0.243 e. The van der Waals surface area contributed by atoms with Crippen LogP contribution in [-0.2, 0) is 4.79 Å². The molecule has 13 heavy (non-hydrogen) atoms. The Morgan fingerprint density at radius 1 is 1.54 bits per heavy atom. The van der Waals surface area contributed by atoms with Gasteiger partial charge in [-0.1, -0.05) is 13.5 Å². The van der Waals surface area contributed by atoms with E-state index in [1.807, 2.05) is 0 Å². The first-order valence-corrected chi connectivity index (χ1v) is 4.79. The maximum atomic E-state index is 10.7. The summed E-state index contributed by atoms with van der Waals surface area (Å²) in [4.78, 5) is 13.0. The van der Waals surface area contributed by atoms with Crippen molar-refractivity contribution in [3.8, 4) is 0 Å². The highest BCUT2D eigenvalue weighted by Crippen LogP contribution is 1.90. The molecule has 0 heterocycles. The quantitative estimate of drug-likeness (QED) is 0.473. The van der Waals surface area contributed by atoms with Crippen LogP contribution in [0.25, 0.3) is 0 Å². The summed E-state index contributed by atoms with van der Waals surface area (Å²) in [7, 11) is 2.10. The second-order valence-electron chi connectivity index (χ2n) is 3.10. The van der Waals surface area contributed by atoms with Gasteiger partial charge in [0.25, 0.3) is 0 Å². The maximum Gasteiger partial charge on any atom is 0.243 e. The molecule has 1 amide bonds. The fourth-order valence-corrected chi connectivity index (χ4v) is 0.949. The van der Waals surface area contributed by atoms with Gasteiger partial charge in [0, 0.05) is 6.54 Å². The van der Waals surface area contributed by atoms with Crippen molar-refractivity contribution >= 4 is 5.91 Å². The molecule has 0 saturated carbocycles. The highest BCUT2D eigenvalue weighted by Gasteiger charge is 1.95. The van der Waals surface area contributed by atoms with Gasteiger partial charge in [-0.3, -0.25) is 4.79 Å². The number of nitrogens with zero attached hydrogens (tertiary/aromatic N) is 1. The van der Waals surface area contributed by atoms with Crippen LogP contribution in [-0.4, -0.2) is 37.5 Å². The van der Waals surface area contributed by atoms with Gasteiger partial charge in [0.05, 0.1) is 0 Å². The third-order valence-electron chi connectivity index (χ3n) is 1.99. The van der Waals surface area contributed by atoms with Crippen molar-refractivity contribution in [1.82, 2.24) is 10.2 Å². The Bertz CT molecular complexity index is 157. The predicted octanol–water partition coefficient (Wildman–Crippen LogP) is 1.02. The number of nitrogens with one attached hydrogen (secondary N) is 1. The molecule has 0 rings (SSSR count). The third kappa shape index (κ3) is 7.53. The monoisotopic (exact) mass is 184 g/mol. The van der Waals surface area contributed by atoms with E-state index in [4.69, 9.17) is 0 Å². The molecule has 76 valence electrons. The van der Waals surface area contributed by atoms with Crippen molar-refractivity contribution in [1.29, 1.82) is 0 Å². The maximum absolute atomic E-state index is 10.7. The molecule has 0 aliphatic heterocycles. The van der Waals surface area contributed by atoms with Crippen LogP contribution in [0.15, 0.2) is 12.7 Å². The summed E-state index contributed by atoms with van der Waals surface area (Å²) in [6.45, 7) is 8.45. The van der Waals surface area contributed by atoms with E-state index >= 15 is 0 Å². The van der Waals surface area contributed by atoms with Crippen LogP contribution in [0.3, 0.4) is 0 Å². The van der Waals surface area contributed by atoms with Crippen LogP contribution in [0.4, 0.5) is 0 Å². The molecular weight excluding hydrogens is 164 g/mol. The van der Waals surface area contributed by atoms with E-state index in [2.05, 4.69) is 30.8 Å². The number of carbonyl (C=O) groups excluding carboxylic acids is 1. The first-order valence-electron chi connectivity index (χ1n) is 4.79. The Morgan fingerprint density at radius 2 is 2.23 bits per heavy atom.